The van der Waals surface area contributed by atoms with Gasteiger partial charge in [-0.05, 0) is 18.6 Å². The van der Waals surface area contributed by atoms with E-state index < -0.39 is 0 Å². The van der Waals surface area contributed by atoms with Crippen molar-refractivity contribution in [2.75, 3.05) is 26.4 Å². The summed E-state index contributed by atoms with van der Waals surface area (Å²) in [6.45, 7) is 8.63. The van der Waals surface area contributed by atoms with Gasteiger partial charge < -0.3 is 24.4 Å². The molecule has 5 nitrogen and oxygen atoms in total. The van der Waals surface area contributed by atoms with Crippen molar-refractivity contribution in [3.63, 3.8) is 0 Å². The van der Waals surface area contributed by atoms with Crippen molar-refractivity contribution in [2.24, 2.45) is 0 Å². The number of rotatable bonds is 5. The van der Waals surface area contributed by atoms with Crippen LogP contribution >= 0.6 is 0 Å². The molecule has 2 heterocycles. The van der Waals surface area contributed by atoms with Crippen LogP contribution in [0.15, 0.2) is 18.7 Å². The second-order valence-corrected chi connectivity index (χ2v) is 4.82. The summed E-state index contributed by atoms with van der Waals surface area (Å²) in [6.07, 6.45) is 2.30. The fourth-order valence-corrected chi connectivity index (χ4v) is 1.61. The molecule has 2 fully saturated rings. The molecule has 20 heavy (non-hydrogen) atoms. The van der Waals surface area contributed by atoms with Gasteiger partial charge in [0.2, 0.25) is 0 Å². The number of ether oxygens (including phenoxy) is 3. The maximum absolute atomic E-state index is 9.26. The summed E-state index contributed by atoms with van der Waals surface area (Å²) >= 11 is 0. The zero-order valence-corrected chi connectivity index (χ0v) is 11.5. The number of benzene rings is 1. The van der Waals surface area contributed by atoms with Gasteiger partial charge >= 0.3 is 0 Å². The highest BCUT2D eigenvalue weighted by atomic mass is 16.6. The number of phenols is 2. The number of aromatic hydroxyl groups is 2. The maximum Gasteiger partial charge on any atom is 0.165 e. The molecule has 0 spiro atoms. The molecule has 1 aromatic carbocycles. The second-order valence-electron chi connectivity index (χ2n) is 4.82. The minimum atomic E-state index is -0.106. The summed E-state index contributed by atoms with van der Waals surface area (Å²) in [6, 6.07) is 3.18. The van der Waals surface area contributed by atoms with E-state index in [9.17, 15) is 5.11 Å². The monoisotopic (exact) mass is 280 g/mol. The smallest absolute Gasteiger partial charge is 0.165 e. The molecule has 2 aliphatic heterocycles. The van der Waals surface area contributed by atoms with E-state index in [-0.39, 0.29) is 11.5 Å². The Morgan fingerprint density at radius 2 is 1.80 bits per heavy atom. The van der Waals surface area contributed by atoms with E-state index in [1.165, 1.54) is 12.1 Å². The van der Waals surface area contributed by atoms with Gasteiger partial charge in [-0.2, -0.15) is 0 Å². The lowest BCUT2D eigenvalue weighted by Crippen LogP contribution is -2.06. The summed E-state index contributed by atoms with van der Waals surface area (Å²) in [5, 5.41) is 18.3. The van der Waals surface area contributed by atoms with E-state index in [1.54, 1.807) is 6.07 Å². The third-order valence-corrected chi connectivity index (χ3v) is 3.03. The first-order chi connectivity index (χ1) is 9.61. The topological polar surface area (TPSA) is 74.8 Å². The first kappa shape index (κ1) is 14.8. The standard InChI is InChI=1S/C9H10O2.C6H10O3/c1-3-7-6(2)4-5-8(10)9(7)11;1(5-3-8-5)7-2-6-4-9-6/h3-5,10-11H,1H2,2H3;5-6H,1-4H2. The van der Waals surface area contributed by atoms with Crippen molar-refractivity contribution >= 4 is 6.08 Å². The molecule has 0 bridgehead atoms. The molecule has 0 radical (unpaired) electrons. The fourth-order valence-electron chi connectivity index (χ4n) is 1.61. The summed E-state index contributed by atoms with van der Waals surface area (Å²) < 4.78 is 15.1. The van der Waals surface area contributed by atoms with Gasteiger partial charge in [0.05, 0.1) is 26.4 Å². The van der Waals surface area contributed by atoms with Crippen molar-refractivity contribution in [3.05, 3.63) is 29.8 Å². The first-order valence-electron chi connectivity index (χ1n) is 6.56. The molecule has 0 aromatic heterocycles. The summed E-state index contributed by atoms with van der Waals surface area (Å²) in [7, 11) is 0. The first-order valence-corrected chi connectivity index (χ1v) is 6.56. The lowest BCUT2D eigenvalue weighted by atomic mass is 10.1. The molecular weight excluding hydrogens is 260 g/mol. The number of hydrogen-bond donors (Lipinski definition) is 2. The van der Waals surface area contributed by atoms with Crippen molar-refractivity contribution in [1.82, 2.24) is 0 Å². The lowest BCUT2D eigenvalue weighted by Gasteiger charge is -2.04. The summed E-state index contributed by atoms with van der Waals surface area (Å²) in [5.41, 5.74) is 1.49. The van der Waals surface area contributed by atoms with Gasteiger partial charge in [0.25, 0.3) is 0 Å². The predicted molar refractivity (Wildman–Crippen MR) is 74.9 cm³/mol. The predicted octanol–water partition coefficient (Wildman–Crippen LogP) is 1.85. The summed E-state index contributed by atoms with van der Waals surface area (Å²) in [5.74, 6) is -0.203. The van der Waals surface area contributed by atoms with Gasteiger partial charge in [-0.15, -0.1) is 0 Å². The van der Waals surface area contributed by atoms with E-state index in [0.29, 0.717) is 17.8 Å². The quantitative estimate of drug-likeness (QED) is 0.636. The van der Waals surface area contributed by atoms with Gasteiger partial charge in [-0.25, -0.2) is 0 Å². The zero-order chi connectivity index (χ0) is 14.5. The van der Waals surface area contributed by atoms with Crippen LogP contribution in [0, 0.1) is 6.92 Å². The van der Waals surface area contributed by atoms with Crippen LogP contribution < -0.4 is 0 Å². The molecule has 0 amide bonds. The normalized spacial score (nSPS) is 22.6. The fraction of sp³-hybridized carbons (Fsp3) is 0.467. The Bertz CT molecular complexity index is 452. The van der Waals surface area contributed by atoms with Gasteiger partial charge in [0.15, 0.2) is 11.5 Å². The van der Waals surface area contributed by atoms with Crippen LogP contribution in [-0.4, -0.2) is 48.8 Å². The molecule has 5 heteroatoms. The van der Waals surface area contributed by atoms with Crippen LogP contribution in [0.2, 0.25) is 0 Å². The van der Waals surface area contributed by atoms with E-state index in [2.05, 4.69) is 6.58 Å². The van der Waals surface area contributed by atoms with Gasteiger partial charge in [-0.1, -0.05) is 18.7 Å². The average molecular weight is 280 g/mol. The Hall–Kier alpha value is -1.56. The molecule has 110 valence electrons. The van der Waals surface area contributed by atoms with Crippen LogP contribution in [0.5, 0.6) is 11.5 Å². The third kappa shape index (κ3) is 4.52. The van der Waals surface area contributed by atoms with Crippen molar-refractivity contribution in [1.29, 1.82) is 0 Å². The highest BCUT2D eigenvalue weighted by Crippen LogP contribution is 2.31. The lowest BCUT2D eigenvalue weighted by molar-refractivity contribution is 0.102. The van der Waals surface area contributed by atoms with E-state index in [4.69, 9.17) is 19.3 Å². The molecule has 1 aromatic rings. The van der Waals surface area contributed by atoms with Gasteiger partial charge in [0, 0.05) is 5.56 Å². The molecular formula is C15H20O5. The maximum atomic E-state index is 9.26. The zero-order valence-electron chi connectivity index (χ0n) is 11.5. The average Bonchev–Trinajstić information content (AvgIpc) is 3.30. The Morgan fingerprint density at radius 1 is 1.25 bits per heavy atom. The van der Waals surface area contributed by atoms with Crippen LogP contribution in [-0.2, 0) is 14.2 Å². The van der Waals surface area contributed by atoms with Gasteiger partial charge in [0.1, 0.15) is 12.2 Å². The minimum absolute atomic E-state index is 0.0972. The molecule has 2 unspecified atom stereocenters. The number of hydrogen-bond acceptors (Lipinski definition) is 5. The molecule has 2 N–H and O–H groups in total. The van der Waals surface area contributed by atoms with E-state index in [1.807, 2.05) is 6.92 Å². The highest BCUT2D eigenvalue weighted by molar-refractivity contribution is 5.63. The largest absolute Gasteiger partial charge is 0.504 e. The Morgan fingerprint density at radius 3 is 2.20 bits per heavy atom. The summed E-state index contributed by atoms with van der Waals surface area (Å²) in [4.78, 5) is 0. The van der Waals surface area contributed by atoms with Crippen LogP contribution in [0.25, 0.3) is 6.08 Å². The molecule has 3 rings (SSSR count). The number of epoxide rings is 2. The van der Waals surface area contributed by atoms with Crippen molar-refractivity contribution in [3.8, 4) is 11.5 Å². The molecule has 0 saturated carbocycles. The molecule has 2 atom stereocenters. The Balaban J connectivity index is 0.000000149. The Kier molecular flexibility index (Phi) is 5.00. The van der Waals surface area contributed by atoms with Crippen molar-refractivity contribution < 1.29 is 24.4 Å². The number of phenolic OH excluding ortho intramolecular Hbond substituents is 2. The van der Waals surface area contributed by atoms with E-state index in [0.717, 1.165) is 32.0 Å². The third-order valence-electron chi connectivity index (χ3n) is 3.03. The SMILES string of the molecule is C(OCC1CO1)C1CO1.C=Cc1c(C)ccc(O)c1O. The highest BCUT2D eigenvalue weighted by Gasteiger charge is 2.26. The molecule has 2 saturated heterocycles. The molecule has 0 aliphatic carbocycles. The van der Waals surface area contributed by atoms with Crippen LogP contribution in [0.1, 0.15) is 11.1 Å². The Labute approximate surface area is 118 Å². The second kappa shape index (κ2) is 6.74. The minimum Gasteiger partial charge on any atom is -0.504 e. The van der Waals surface area contributed by atoms with E-state index >= 15 is 0 Å². The molecule has 2 aliphatic rings. The van der Waals surface area contributed by atoms with Crippen LogP contribution in [0.4, 0.5) is 0 Å². The van der Waals surface area contributed by atoms with Crippen LogP contribution in [0.3, 0.4) is 0 Å². The van der Waals surface area contributed by atoms with Gasteiger partial charge in [-0.3, -0.25) is 0 Å². The number of aryl methyl sites for hydroxylation is 1. The van der Waals surface area contributed by atoms with Crippen molar-refractivity contribution in [2.45, 2.75) is 19.1 Å².